The molecule has 0 aromatic carbocycles. The molecule has 0 atom stereocenters. The quantitative estimate of drug-likeness (QED) is 0.878. The molecule has 1 fully saturated rings. The SMILES string of the molecule is CCCNc1nc(OC2CCCC2)nc(-n2ccnc2)n1. The van der Waals surface area contributed by atoms with Crippen LogP contribution in [0.5, 0.6) is 6.01 Å². The third-order valence-electron chi connectivity index (χ3n) is 3.45. The molecule has 1 aliphatic rings. The van der Waals surface area contributed by atoms with Gasteiger partial charge in [0.1, 0.15) is 12.4 Å². The lowest BCUT2D eigenvalue weighted by Gasteiger charge is -2.13. The number of anilines is 1. The third kappa shape index (κ3) is 3.48. The molecule has 112 valence electrons. The zero-order valence-corrected chi connectivity index (χ0v) is 12.2. The number of rotatable bonds is 6. The van der Waals surface area contributed by atoms with Crippen molar-refractivity contribution < 1.29 is 4.74 Å². The second-order valence-electron chi connectivity index (χ2n) is 5.16. The highest BCUT2D eigenvalue weighted by molar-refractivity contribution is 5.30. The van der Waals surface area contributed by atoms with E-state index in [-0.39, 0.29) is 6.10 Å². The highest BCUT2D eigenvalue weighted by Crippen LogP contribution is 2.22. The lowest BCUT2D eigenvalue weighted by molar-refractivity contribution is 0.192. The fourth-order valence-corrected chi connectivity index (χ4v) is 2.36. The van der Waals surface area contributed by atoms with Crippen molar-refractivity contribution in [1.82, 2.24) is 24.5 Å². The molecule has 2 aromatic rings. The maximum Gasteiger partial charge on any atom is 0.323 e. The number of aromatic nitrogens is 5. The number of ether oxygens (including phenoxy) is 1. The van der Waals surface area contributed by atoms with Crippen LogP contribution in [0, 0.1) is 0 Å². The standard InChI is InChI=1S/C14H20N6O/c1-2-7-16-12-17-13(20-9-8-15-10-20)19-14(18-12)21-11-5-3-4-6-11/h8-11H,2-7H2,1H3,(H,16,17,18,19). The van der Waals surface area contributed by atoms with Gasteiger partial charge in [-0.1, -0.05) is 6.92 Å². The van der Waals surface area contributed by atoms with Crippen molar-refractivity contribution >= 4 is 5.95 Å². The Morgan fingerprint density at radius 2 is 2.14 bits per heavy atom. The molecule has 0 amide bonds. The van der Waals surface area contributed by atoms with Gasteiger partial charge in [0.25, 0.3) is 0 Å². The fraction of sp³-hybridized carbons (Fsp3) is 0.571. The predicted molar refractivity (Wildman–Crippen MR) is 78.6 cm³/mol. The molecule has 0 spiro atoms. The summed E-state index contributed by atoms with van der Waals surface area (Å²) in [4.78, 5) is 17.2. The molecule has 1 aliphatic carbocycles. The smallest absolute Gasteiger partial charge is 0.323 e. The van der Waals surface area contributed by atoms with Crippen molar-refractivity contribution in [2.75, 3.05) is 11.9 Å². The van der Waals surface area contributed by atoms with Gasteiger partial charge in [0.05, 0.1) is 0 Å². The van der Waals surface area contributed by atoms with E-state index in [1.54, 1.807) is 23.3 Å². The minimum Gasteiger partial charge on any atom is -0.460 e. The van der Waals surface area contributed by atoms with Crippen molar-refractivity contribution in [1.29, 1.82) is 0 Å². The van der Waals surface area contributed by atoms with Crippen LogP contribution in [-0.4, -0.2) is 37.2 Å². The predicted octanol–water partition coefficient (Wildman–Crippen LogP) is 2.20. The van der Waals surface area contributed by atoms with Gasteiger partial charge in [-0.25, -0.2) is 4.98 Å². The fourth-order valence-electron chi connectivity index (χ4n) is 2.36. The Kier molecular flexibility index (Phi) is 4.28. The summed E-state index contributed by atoms with van der Waals surface area (Å²) < 4.78 is 7.65. The molecule has 21 heavy (non-hydrogen) atoms. The van der Waals surface area contributed by atoms with Gasteiger partial charge in [-0.3, -0.25) is 4.57 Å². The molecule has 0 unspecified atom stereocenters. The van der Waals surface area contributed by atoms with Crippen molar-refractivity contribution in [3.63, 3.8) is 0 Å². The van der Waals surface area contributed by atoms with Crippen LogP contribution in [-0.2, 0) is 0 Å². The van der Waals surface area contributed by atoms with Crippen LogP contribution >= 0.6 is 0 Å². The number of nitrogens with zero attached hydrogens (tertiary/aromatic N) is 5. The molecule has 1 N–H and O–H groups in total. The number of nitrogens with one attached hydrogen (secondary N) is 1. The first kappa shape index (κ1) is 13.8. The van der Waals surface area contributed by atoms with Crippen LogP contribution in [0.2, 0.25) is 0 Å². The van der Waals surface area contributed by atoms with Gasteiger partial charge in [-0.2, -0.15) is 15.0 Å². The Bertz CT molecular complexity index is 565. The van der Waals surface area contributed by atoms with E-state index in [9.17, 15) is 0 Å². The van der Waals surface area contributed by atoms with Crippen LogP contribution in [0.1, 0.15) is 39.0 Å². The van der Waals surface area contributed by atoms with E-state index in [0.717, 1.165) is 25.8 Å². The molecular formula is C14H20N6O. The monoisotopic (exact) mass is 288 g/mol. The van der Waals surface area contributed by atoms with E-state index in [2.05, 4.69) is 32.2 Å². The number of hydrogen-bond acceptors (Lipinski definition) is 6. The summed E-state index contributed by atoms with van der Waals surface area (Å²) in [5.74, 6) is 1.07. The third-order valence-corrected chi connectivity index (χ3v) is 3.45. The summed E-state index contributed by atoms with van der Waals surface area (Å²) in [7, 11) is 0. The molecule has 0 saturated heterocycles. The molecule has 0 radical (unpaired) electrons. The number of hydrogen-bond donors (Lipinski definition) is 1. The summed E-state index contributed by atoms with van der Waals surface area (Å²) in [6.45, 7) is 2.91. The van der Waals surface area contributed by atoms with Gasteiger partial charge in [-0.15, -0.1) is 0 Å². The average Bonchev–Trinajstić information content (AvgIpc) is 3.18. The van der Waals surface area contributed by atoms with Crippen molar-refractivity contribution in [2.24, 2.45) is 0 Å². The van der Waals surface area contributed by atoms with E-state index >= 15 is 0 Å². The van der Waals surface area contributed by atoms with Gasteiger partial charge in [0.15, 0.2) is 0 Å². The molecule has 2 aromatic heterocycles. The molecule has 1 saturated carbocycles. The maximum absolute atomic E-state index is 5.90. The van der Waals surface area contributed by atoms with Crippen LogP contribution in [0.15, 0.2) is 18.7 Å². The zero-order chi connectivity index (χ0) is 14.5. The Morgan fingerprint density at radius 1 is 1.29 bits per heavy atom. The Hall–Kier alpha value is -2.18. The van der Waals surface area contributed by atoms with Gasteiger partial charge >= 0.3 is 6.01 Å². The molecule has 3 rings (SSSR count). The van der Waals surface area contributed by atoms with Crippen LogP contribution in [0.3, 0.4) is 0 Å². The summed E-state index contributed by atoms with van der Waals surface area (Å²) in [5.41, 5.74) is 0. The Labute approximate surface area is 123 Å². The van der Waals surface area contributed by atoms with Crippen LogP contribution in [0.25, 0.3) is 5.95 Å². The van der Waals surface area contributed by atoms with Gasteiger partial charge in [0.2, 0.25) is 11.9 Å². The molecule has 0 aliphatic heterocycles. The Balaban J connectivity index is 1.84. The average molecular weight is 288 g/mol. The second-order valence-corrected chi connectivity index (χ2v) is 5.16. The van der Waals surface area contributed by atoms with E-state index in [0.29, 0.717) is 17.9 Å². The van der Waals surface area contributed by atoms with Crippen LogP contribution < -0.4 is 10.1 Å². The van der Waals surface area contributed by atoms with Crippen molar-refractivity contribution in [3.8, 4) is 12.0 Å². The first-order valence-electron chi connectivity index (χ1n) is 7.50. The molecule has 7 heteroatoms. The number of imidazole rings is 1. The van der Waals surface area contributed by atoms with Gasteiger partial charge in [-0.05, 0) is 32.1 Å². The molecule has 7 nitrogen and oxygen atoms in total. The summed E-state index contributed by atoms with van der Waals surface area (Å²) in [6.07, 6.45) is 11.0. The van der Waals surface area contributed by atoms with E-state index in [4.69, 9.17) is 4.74 Å². The summed E-state index contributed by atoms with van der Waals surface area (Å²) >= 11 is 0. The largest absolute Gasteiger partial charge is 0.460 e. The minimum atomic E-state index is 0.224. The highest BCUT2D eigenvalue weighted by Gasteiger charge is 2.19. The topological polar surface area (TPSA) is 77.8 Å². The first-order chi connectivity index (χ1) is 10.3. The van der Waals surface area contributed by atoms with Crippen molar-refractivity contribution in [3.05, 3.63) is 18.7 Å². The van der Waals surface area contributed by atoms with E-state index < -0.39 is 0 Å². The van der Waals surface area contributed by atoms with Gasteiger partial charge in [0, 0.05) is 18.9 Å². The Morgan fingerprint density at radius 3 is 2.86 bits per heavy atom. The lowest BCUT2D eigenvalue weighted by atomic mass is 10.3. The van der Waals surface area contributed by atoms with E-state index in [1.807, 2.05) is 0 Å². The zero-order valence-electron chi connectivity index (χ0n) is 12.2. The first-order valence-corrected chi connectivity index (χ1v) is 7.50. The van der Waals surface area contributed by atoms with E-state index in [1.165, 1.54) is 12.8 Å². The highest BCUT2D eigenvalue weighted by atomic mass is 16.5. The van der Waals surface area contributed by atoms with Crippen LogP contribution in [0.4, 0.5) is 5.95 Å². The maximum atomic E-state index is 5.90. The summed E-state index contributed by atoms with van der Waals surface area (Å²) in [5, 5.41) is 3.19. The molecule has 0 bridgehead atoms. The van der Waals surface area contributed by atoms with Crippen molar-refractivity contribution in [2.45, 2.75) is 45.1 Å². The van der Waals surface area contributed by atoms with Gasteiger partial charge < -0.3 is 10.1 Å². The summed E-state index contributed by atoms with van der Waals surface area (Å²) in [6, 6.07) is 0.388. The second kappa shape index (κ2) is 6.51. The molecule has 2 heterocycles. The normalized spacial score (nSPS) is 15.3. The molecular weight excluding hydrogens is 268 g/mol. The lowest BCUT2D eigenvalue weighted by Crippen LogP contribution is -2.16. The minimum absolute atomic E-state index is 0.224.